The van der Waals surface area contributed by atoms with Gasteiger partial charge in [-0.1, -0.05) is 54.6 Å². The first-order valence-corrected chi connectivity index (χ1v) is 9.72. The number of carbonyl (C=O) groups is 1. The van der Waals surface area contributed by atoms with Gasteiger partial charge in [0.25, 0.3) is 0 Å². The zero-order valence-corrected chi connectivity index (χ0v) is 16.4. The lowest BCUT2D eigenvalue weighted by atomic mass is 9.93. The number of ketones is 1. The van der Waals surface area contributed by atoms with Crippen LogP contribution in [0.5, 0.6) is 0 Å². The minimum absolute atomic E-state index is 0.0335. The van der Waals surface area contributed by atoms with E-state index in [4.69, 9.17) is 5.41 Å². The Labute approximate surface area is 172 Å². The largest absolute Gasteiger partial charge is 0.416 e. The summed E-state index contributed by atoms with van der Waals surface area (Å²) in [6.07, 6.45) is -3.34. The third-order valence-electron chi connectivity index (χ3n) is 5.63. The van der Waals surface area contributed by atoms with E-state index in [1.165, 1.54) is 6.07 Å². The lowest BCUT2D eigenvalue weighted by Crippen LogP contribution is -2.12. The lowest BCUT2D eigenvalue weighted by molar-refractivity contribution is -0.137. The van der Waals surface area contributed by atoms with E-state index in [1.54, 1.807) is 31.2 Å². The molecule has 3 aromatic carbocycles. The Balaban J connectivity index is 1.63. The number of fused-ring (bicyclic) bond motifs is 1. The molecule has 0 aliphatic heterocycles. The molecular formula is C25H20F3NO. The summed E-state index contributed by atoms with van der Waals surface area (Å²) in [6, 6.07) is 18.1. The SMILES string of the molecule is CC(=N)c1ccc(CC2Cc3c(cccc3-c3cccc(C(F)(F)F)c3)C2=O)cc1. The molecule has 0 heterocycles. The van der Waals surface area contributed by atoms with Crippen LogP contribution in [-0.2, 0) is 19.0 Å². The molecular weight excluding hydrogens is 387 g/mol. The predicted octanol–water partition coefficient (Wildman–Crippen LogP) is 6.36. The van der Waals surface area contributed by atoms with Crippen LogP contribution in [-0.4, -0.2) is 11.5 Å². The molecule has 0 saturated carbocycles. The quantitative estimate of drug-likeness (QED) is 0.503. The van der Waals surface area contributed by atoms with Gasteiger partial charge in [0.1, 0.15) is 0 Å². The van der Waals surface area contributed by atoms with Crippen molar-refractivity contribution in [2.75, 3.05) is 0 Å². The molecule has 1 aliphatic rings. The zero-order valence-electron chi connectivity index (χ0n) is 16.4. The van der Waals surface area contributed by atoms with Gasteiger partial charge in [-0.3, -0.25) is 4.79 Å². The van der Waals surface area contributed by atoms with Gasteiger partial charge in [0.2, 0.25) is 0 Å². The van der Waals surface area contributed by atoms with Gasteiger partial charge < -0.3 is 5.41 Å². The van der Waals surface area contributed by atoms with Crippen LogP contribution in [0.1, 0.15) is 39.5 Å². The third-order valence-corrected chi connectivity index (χ3v) is 5.63. The van der Waals surface area contributed by atoms with Crippen molar-refractivity contribution in [3.05, 3.63) is 94.5 Å². The molecule has 0 radical (unpaired) electrons. The van der Waals surface area contributed by atoms with Crippen LogP contribution in [0.15, 0.2) is 66.7 Å². The molecule has 0 saturated heterocycles. The molecule has 1 N–H and O–H groups in total. The zero-order chi connectivity index (χ0) is 21.5. The number of nitrogens with one attached hydrogen (secondary N) is 1. The van der Waals surface area contributed by atoms with Crippen molar-refractivity contribution < 1.29 is 18.0 Å². The van der Waals surface area contributed by atoms with Crippen molar-refractivity contribution in [1.29, 1.82) is 5.41 Å². The van der Waals surface area contributed by atoms with Crippen LogP contribution < -0.4 is 0 Å². The normalized spacial score (nSPS) is 15.9. The molecule has 1 atom stereocenters. The van der Waals surface area contributed by atoms with E-state index >= 15 is 0 Å². The maximum Gasteiger partial charge on any atom is 0.416 e. The van der Waals surface area contributed by atoms with Crippen molar-refractivity contribution in [3.63, 3.8) is 0 Å². The van der Waals surface area contributed by atoms with Crippen LogP contribution in [0, 0.1) is 11.3 Å². The average Bonchev–Trinajstić information content (AvgIpc) is 3.03. The van der Waals surface area contributed by atoms with E-state index in [2.05, 4.69) is 0 Å². The molecule has 1 aliphatic carbocycles. The Morgan fingerprint density at radius 1 is 1.00 bits per heavy atom. The third kappa shape index (κ3) is 3.80. The summed E-state index contributed by atoms with van der Waals surface area (Å²) in [6.45, 7) is 1.72. The molecule has 152 valence electrons. The highest BCUT2D eigenvalue weighted by Crippen LogP contribution is 2.38. The van der Waals surface area contributed by atoms with Crippen molar-refractivity contribution in [2.24, 2.45) is 5.92 Å². The standard InChI is InChI=1S/C25H20F3NO/c1-15(29)17-10-8-16(9-11-17)12-19-14-23-21(6-3-7-22(23)24(19)30)18-4-2-5-20(13-18)25(26,27)28/h2-11,13,19,29H,12,14H2,1H3. The van der Waals surface area contributed by atoms with Gasteiger partial charge in [-0.05, 0) is 59.7 Å². The first kappa shape index (κ1) is 20.1. The summed E-state index contributed by atoms with van der Waals surface area (Å²) in [5, 5.41) is 7.68. The average molecular weight is 407 g/mol. The second-order valence-corrected chi connectivity index (χ2v) is 7.70. The van der Waals surface area contributed by atoms with Gasteiger partial charge >= 0.3 is 6.18 Å². The van der Waals surface area contributed by atoms with Crippen LogP contribution in [0.4, 0.5) is 13.2 Å². The van der Waals surface area contributed by atoms with E-state index < -0.39 is 11.7 Å². The molecule has 2 nitrogen and oxygen atoms in total. The number of benzene rings is 3. The number of rotatable bonds is 4. The Morgan fingerprint density at radius 2 is 1.67 bits per heavy atom. The molecule has 5 heteroatoms. The summed E-state index contributed by atoms with van der Waals surface area (Å²) in [4.78, 5) is 13.0. The second-order valence-electron chi connectivity index (χ2n) is 7.70. The Kier molecular flexibility index (Phi) is 5.06. The molecule has 1 unspecified atom stereocenters. The fourth-order valence-electron chi connectivity index (χ4n) is 4.07. The number of hydrogen-bond donors (Lipinski definition) is 1. The Morgan fingerprint density at radius 3 is 2.33 bits per heavy atom. The van der Waals surface area contributed by atoms with E-state index in [-0.39, 0.29) is 11.7 Å². The summed E-state index contributed by atoms with van der Waals surface area (Å²) >= 11 is 0. The predicted molar refractivity (Wildman–Crippen MR) is 111 cm³/mol. The smallest absolute Gasteiger partial charge is 0.305 e. The summed E-state index contributed by atoms with van der Waals surface area (Å²) in [5.74, 6) is -0.204. The number of halogens is 3. The minimum atomic E-state index is -4.41. The van der Waals surface area contributed by atoms with Gasteiger partial charge in [-0.25, -0.2) is 0 Å². The maximum absolute atomic E-state index is 13.1. The highest BCUT2D eigenvalue weighted by Gasteiger charge is 2.33. The summed E-state index contributed by atoms with van der Waals surface area (Å²) in [5.41, 5.74) is 4.21. The van der Waals surface area contributed by atoms with E-state index in [0.29, 0.717) is 35.2 Å². The van der Waals surface area contributed by atoms with Gasteiger partial charge in [-0.15, -0.1) is 0 Å². The second kappa shape index (κ2) is 7.56. The summed E-state index contributed by atoms with van der Waals surface area (Å²) < 4.78 is 39.4. The molecule has 30 heavy (non-hydrogen) atoms. The highest BCUT2D eigenvalue weighted by molar-refractivity contribution is 6.04. The van der Waals surface area contributed by atoms with Gasteiger partial charge in [0.15, 0.2) is 5.78 Å². The van der Waals surface area contributed by atoms with Crippen LogP contribution in [0.3, 0.4) is 0 Å². The van der Waals surface area contributed by atoms with E-state index in [9.17, 15) is 18.0 Å². The Hall–Kier alpha value is -3.21. The van der Waals surface area contributed by atoms with Crippen LogP contribution in [0.2, 0.25) is 0 Å². The fraction of sp³-hybridized carbons (Fsp3) is 0.200. The topological polar surface area (TPSA) is 40.9 Å². The number of hydrogen-bond acceptors (Lipinski definition) is 2. The van der Waals surface area contributed by atoms with Crippen molar-refractivity contribution in [3.8, 4) is 11.1 Å². The van der Waals surface area contributed by atoms with Crippen molar-refractivity contribution >= 4 is 11.5 Å². The molecule has 0 fully saturated rings. The first-order chi connectivity index (χ1) is 14.2. The molecule has 0 spiro atoms. The molecule has 0 amide bonds. The van der Waals surface area contributed by atoms with E-state index in [1.807, 2.05) is 24.3 Å². The van der Waals surface area contributed by atoms with E-state index in [0.717, 1.165) is 28.8 Å². The fourth-order valence-corrected chi connectivity index (χ4v) is 4.07. The highest BCUT2D eigenvalue weighted by atomic mass is 19.4. The van der Waals surface area contributed by atoms with Gasteiger partial charge in [-0.2, -0.15) is 13.2 Å². The molecule has 0 aromatic heterocycles. The monoisotopic (exact) mass is 407 g/mol. The summed E-state index contributed by atoms with van der Waals surface area (Å²) in [7, 11) is 0. The Bertz CT molecular complexity index is 1130. The molecule has 4 rings (SSSR count). The van der Waals surface area contributed by atoms with Gasteiger partial charge in [0, 0.05) is 17.2 Å². The number of Topliss-reactive ketones (excluding diaryl/α,β-unsaturated/α-hetero) is 1. The first-order valence-electron chi connectivity index (χ1n) is 9.72. The molecule has 3 aromatic rings. The number of alkyl halides is 3. The van der Waals surface area contributed by atoms with Crippen molar-refractivity contribution in [1.82, 2.24) is 0 Å². The minimum Gasteiger partial charge on any atom is -0.305 e. The van der Waals surface area contributed by atoms with Crippen LogP contribution >= 0.6 is 0 Å². The number of carbonyl (C=O) groups excluding carboxylic acids is 1. The molecule has 0 bridgehead atoms. The lowest BCUT2D eigenvalue weighted by Gasteiger charge is -2.12. The maximum atomic E-state index is 13.1. The van der Waals surface area contributed by atoms with Crippen molar-refractivity contribution in [2.45, 2.75) is 25.9 Å². The van der Waals surface area contributed by atoms with Crippen LogP contribution in [0.25, 0.3) is 11.1 Å². The van der Waals surface area contributed by atoms with Gasteiger partial charge in [0.05, 0.1) is 5.56 Å².